The predicted molar refractivity (Wildman–Crippen MR) is 87.2 cm³/mol. The van der Waals surface area contributed by atoms with Crippen molar-refractivity contribution in [2.75, 3.05) is 26.2 Å². The Morgan fingerprint density at radius 2 is 2.00 bits per heavy atom. The van der Waals surface area contributed by atoms with Crippen LogP contribution in [0.1, 0.15) is 45.1 Å². The van der Waals surface area contributed by atoms with E-state index in [2.05, 4.69) is 61.3 Å². The normalized spacial score (nSPS) is 23.4. The smallest absolute Gasteiger partial charge is 0.00794 e. The van der Waals surface area contributed by atoms with Crippen LogP contribution in [-0.2, 0) is 0 Å². The van der Waals surface area contributed by atoms with Gasteiger partial charge >= 0.3 is 0 Å². The van der Waals surface area contributed by atoms with Gasteiger partial charge in [0.25, 0.3) is 0 Å². The highest BCUT2D eigenvalue weighted by atomic mass is 15.1. The van der Waals surface area contributed by atoms with Gasteiger partial charge in [-0.15, -0.1) is 0 Å². The Kier molecular flexibility index (Phi) is 6.06. The first kappa shape index (κ1) is 15.5. The van der Waals surface area contributed by atoms with Crippen molar-refractivity contribution in [2.24, 2.45) is 5.92 Å². The first-order valence-corrected chi connectivity index (χ1v) is 8.21. The summed E-state index contributed by atoms with van der Waals surface area (Å²) in [7, 11) is 0. The maximum Gasteiger partial charge on any atom is 0.00794 e. The van der Waals surface area contributed by atoms with Gasteiger partial charge in [0.1, 0.15) is 0 Å². The minimum absolute atomic E-state index is 0.588. The van der Waals surface area contributed by atoms with Crippen molar-refractivity contribution in [2.45, 2.75) is 45.6 Å². The lowest BCUT2D eigenvalue weighted by molar-refractivity contribution is 0.157. The van der Waals surface area contributed by atoms with Crippen LogP contribution in [0, 0.1) is 5.92 Å². The molecule has 0 amide bonds. The molecule has 2 heteroatoms. The topological polar surface area (TPSA) is 15.3 Å². The number of hydrogen-bond acceptors (Lipinski definition) is 2. The molecule has 1 aromatic carbocycles. The first-order chi connectivity index (χ1) is 9.70. The fourth-order valence-corrected chi connectivity index (χ4v) is 3.22. The molecule has 1 aromatic rings. The fraction of sp³-hybridized carbons (Fsp3) is 0.667. The van der Waals surface area contributed by atoms with E-state index in [9.17, 15) is 0 Å². The fourth-order valence-electron chi connectivity index (χ4n) is 3.22. The van der Waals surface area contributed by atoms with Gasteiger partial charge in [0.15, 0.2) is 0 Å². The lowest BCUT2D eigenvalue weighted by Gasteiger charge is -2.36. The maximum absolute atomic E-state index is 3.77. The number of likely N-dealkylation sites (tertiary alicyclic amines) is 1. The number of hydrogen-bond donors (Lipinski definition) is 1. The molecule has 3 unspecified atom stereocenters. The van der Waals surface area contributed by atoms with E-state index in [4.69, 9.17) is 0 Å². The minimum Gasteiger partial charge on any atom is -0.313 e. The molecule has 1 aliphatic heterocycles. The first-order valence-electron chi connectivity index (χ1n) is 8.21. The second-order valence-corrected chi connectivity index (χ2v) is 6.30. The molecule has 0 spiro atoms. The van der Waals surface area contributed by atoms with Gasteiger partial charge in [-0.2, -0.15) is 0 Å². The molecule has 20 heavy (non-hydrogen) atoms. The van der Waals surface area contributed by atoms with Crippen molar-refractivity contribution in [1.29, 1.82) is 0 Å². The third-order valence-corrected chi connectivity index (χ3v) is 4.81. The van der Waals surface area contributed by atoms with Crippen LogP contribution in [-0.4, -0.2) is 37.1 Å². The molecular weight excluding hydrogens is 244 g/mol. The third-order valence-electron chi connectivity index (χ3n) is 4.81. The molecule has 2 nitrogen and oxygen atoms in total. The molecule has 2 rings (SSSR count). The Bertz CT molecular complexity index is 376. The van der Waals surface area contributed by atoms with E-state index < -0.39 is 0 Å². The Morgan fingerprint density at radius 3 is 2.70 bits per heavy atom. The average Bonchev–Trinajstić information content (AvgIpc) is 2.53. The van der Waals surface area contributed by atoms with E-state index >= 15 is 0 Å². The number of rotatable bonds is 6. The van der Waals surface area contributed by atoms with Gasteiger partial charge in [0.05, 0.1) is 0 Å². The van der Waals surface area contributed by atoms with E-state index in [1.54, 1.807) is 0 Å². The summed E-state index contributed by atoms with van der Waals surface area (Å²) in [5, 5.41) is 3.77. The predicted octanol–water partition coefficient (Wildman–Crippen LogP) is 3.50. The van der Waals surface area contributed by atoms with Crippen LogP contribution in [0.2, 0.25) is 0 Å². The van der Waals surface area contributed by atoms with Crippen molar-refractivity contribution < 1.29 is 0 Å². The molecule has 3 atom stereocenters. The summed E-state index contributed by atoms with van der Waals surface area (Å²) in [6.07, 6.45) is 2.74. The van der Waals surface area contributed by atoms with Gasteiger partial charge in [-0.3, -0.25) is 0 Å². The minimum atomic E-state index is 0.588. The molecule has 112 valence electrons. The Hall–Kier alpha value is -0.860. The SMILES string of the molecule is CCN1CCCC(C(C)NCC(C)c2ccccc2)C1. The van der Waals surface area contributed by atoms with Gasteiger partial charge < -0.3 is 10.2 Å². The van der Waals surface area contributed by atoms with Crippen molar-refractivity contribution in [3.63, 3.8) is 0 Å². The second kappa shape index (κ2) is 7.80. The van der Waals surface area contributed by atoms with Crippen LogP contribution in [0.5, 0.6) is 0 Å². The average molecular weight is 274 g/mol. The standard InChI is InChI=1S/C18H30N2/c1-4-20-12-8-11-18(14-20)16(3)19-13-15(2)17-9-6-5-7-10-17/h5-7,9-10,15-16,18-19H,4,8,11-14H2,1-3H3. The van der Waals surface area contributed by atoms with Crippen molar-refractivity contribution in [3.05, 3.63) is 35.9 Å². The quantitative estimate of drug-likeness (QED) is 0.854. The van der Waals surface area contributed by atoms with E-state index in [0.29, 0.717) is 12.0 Å². The van der Waals surface area contributed by atoms with Crippen LogP contribution in [0.4, 0.5) is 0 Å². The molecule has 0 aliphatic carbocycles. The zero-order chi connectivity index (χ0) is 14.4. The zero-order valence-electron chi connectivity index (χ0n) is 13.3. The van der Waals surface area contributed by atoms with Gasteiger partial charge in [-0.1, -0.05) is 44.2 Å². The Labute approximate surface area is 124 Å². The third kappa shape index (κ3) is 4.32. The van der Waals surface area contributed by atoms with Crippen LogP contribution in [0.3, 0.4) is 0 Å². The lowest BCUT2D eigenvalue weighted by Crippen LogP contribution is -2.45. The molecule has 0 saturated carbocycles. The second-order valence-electron chi connectivity index (χ2n) is 6.30. The van der Waals surface area contributed by atoms with Gasteiger partial charge in [-0.25, -0.2) is 0 Å². The summed E-state index contributed by atoms with van der Waals surface area (Å²) in [4.78, 5) is 2.59. The van der Waals surface area contributed by atoms with E-state index in [1.165, 1.54) is 38.0 Å². The van der Waals surface area contributed by atoms with Crippen LogP contribution in [0.15, 0.2) is 30.3 Å². The Morgan fingerprint density at radius 1 is 1.25 bits per heavy atom. The highest BCUT2D eigenvalue weighted by Gasteiger charge is 2.23. The van der Waals surface area contributed by atoms with Gasteiger partial charge in [-0.05, 0) is 50.3 Å². The summed E-state index contributed by atoms with van der Waals surface area (Å²) in [5.41, 5.74) is 1.44. The molecule has 0 aromatic heterocycles. The molecule has 1 N–H and O–H groups in total. The van der Waals surface area contributed by atoms with Crippen LogP contribution < -0.4 is 5.32 Å². The number of nitrogens with one attached hydrogen (secondary N) is 1. The summed E-state index contributed by atoms with van der Waals surface area (Å²) in [6.45, 7) is 11.8. The maximum atomic E-state index is 3.77. The summed E-state index contributed by atoms with van der Waals surface area (Å²) >= 11 is 0. The van der Waals surface area contributed by atoms with Crippen molar-refractivity contribution in [3.8, 4) is 0 Å². The molecule has 1 heterocycles. The summed E-state index contributed by atoms with van der Waals surface area (Å²) in [6, 6.07) is 11.4. The molecule has 1 aliphatic rings. The Balaban J connectivity index is 1.78. The molecule has 1 saturated heterocycles. The van der Waals surface area contributed by atoms with E-state index in [1.807, 2.05) is 0 Å². The van der Waals surface area contributed by atoms with Crippen LogP contribution in [0.25, 0.3) is 0 Å². The van der Waals surface area contributed by atoms with Gasteiger partial charge in [0, 0.05) is 19.1 Å². The number of benzene rings is 1. The monoisotopic (exact) mass is 274 g/mol. The van der Waals surface area contributed by atoms with Gasteiger partial charge in [0.2, 0.25) is 0 Å². The number of nitrogens with zero attached hydrogens (tertiary/aromatic N) is 1. The number of piperidine rings is 1. The highest BCUT2D eigenvalue weighted by molar-refractivity contribution is 5.19. The highest BCUT2D eigenvalue weighted by Crippen LogP contribution is 2.20. The molecule has 0 bridgehead atoms. The van der Waals surface area contributed by atoms with E-state index in [-0.39, 0.29) is 0 Å². The summed E-state index contributed by atoms with van der Waals surface area (Å²) in [5.74, 6) is 1.40. The lowest BCUT2D eigenvalue weighted by atomic mass is 9.91. The molecule has 1 fully saturated rings. The van der Waals surface area contributed by atoms with E-state index in [0.717, 1.165) is 12.5 Å². The van der Waals surface area contributed by atoms with Crippen molar-refractivity contribution >= 4 is 0 Å². The molecule has 0 radical (unpaired) electrons. The largest absolute Gasteiger partial charge is 0.313 e. The zero-order valence-corrected chi connectivity index (χ0v) is 13.3. The summed E-state index contributed by atoms with van der Waals surface area (Å²) < 4.78 is 0. The molecular formula is C18H30N2. The van der Waals surface area contributed by atoms with Crippen LogP contribution >= 0.6 is 0 Å². The van der Waals surface area contributed by atoms with Crippen molar-refractivity contribution in [1.82, 2.24) is 10.2 Å².